The number of amides is 1. The van der Waals surface area contributed by atoms with Gasteiger partial charge in [0.2, 0.25) is 0 Å². The fraction of sp³-hybridized carbons (Fsp3) is 0.158. The predicted molar refractivity (Wildman–Crippen MR) is 101 cm³/mol. The number of benzene rings is 2. The molecule has 7 heteroatoms. The average Bonchev–Trinajstić information content (AvgIpc) is 2.62. The molecule has 0 radical (unpaired) electrons. The monoisotopic (exact) mass is 391 g/mol. The van der Waals surface area contributed by atoms with Crippen molar-refractivity contribution in [3.8, 4) is 5.75 Å². The summed E-state index contributed by atoms with van der Waals surface area (Å²) in [6, 6.07) is 12.7. The van der Waals surface area contributed by atoms with Gasteiger partial charge in [0.25, 0.3) is 5.91 Å². The quantitative estimate of drug-likeness (QED) is 0.703. The molecule has 0 spiro atoms. The fourth-order valence-corrected chi connectivity index (χ4v) is 2.65. The Labute approximate surface area is 159 Å². The van der Waals surface area contributed by atoms with Crippen LogP contribution in [0.4, 0.5) is 0 Å². The third-order valence-corrected chi connectivity index (χ3v) is 4.10. The molecule has 134 valence electrons. The maximum atomic E-state index is 12.3. The number of halogens is 2. The van der Waals surface area contributed by atoms with Crippen LogP contribution in [0, 0.1) is 0 Å². The van der Waals surface area contributed by atoms with Crippen LogP contribution in [0.2, 0.25) is 10.0 Å². The molecule has 0 saturated carbocycles. The van der Waals surface area contributed by atoms with E-state index in [1.807, 2.05) is 6.92 Å². The minimum atomic E-state index is -0.495. The molecule has 0 bridgehead atoms. The van der Waals surface area contributed by atoms with E-state index in [0.717, 1.165) is 6.07 Å². The van der Waals surface area contributed by atoms with Gasteiger partial charge in [0, 0.05) is 16.1 Å². The number of hydrogen-bond donors (Lipinski definition) is 1. The molecule has 1 amide bonds. The highest BCUT2D eigenvalue weighted by Crippen LogP contribution is 2.18. The first-order chi connectivity index (χ1) is 12.4. The van der Waals surface area contributed by atoms with E-state index >= 15 is 0 Å². The van der Waals surface area contributed by atoms with Crippen molar-refractivity contribution >= 4 is 40.1 Å². The minimum Gasteiger partial charge on any atom is -0.489 e. The van der Waals surface area contributed by atoms with E-state index in [2.05, 4.69) is 5.32 Å². The van der Waals surface area contributed by atoms with Gasteiger partial charge in [-0.15, -0.1) is 0 Å². The third-order valence-electron chi connectivity index (χ3n) is 3.61. The second-order valence-corrected chi connectivity index (χ2v) is 6.58. The van der Waals surface area contributed by atoms with E-state index in [-0.39, 0.29) is 23.8 Å². The molecule has 1 heterocycles. The van der Waals surface area contributed by atoms with E-state index < -0.39 is 5.91 Å². The number of hydrogen-bond acceptors (Lipinski definition) is 4. The molecule has 1 atom stereocenters. The van der Waals surface area contributed by atoms with Gasteiger partial charge in [-0.2, -0.15) is 0 Å². The molecule has 1 N–H and O–H groups in total. The molecule has 3 rings (SSSR count). The van der Waals surface area contributed by atoms with Crippen molar-refractivity contribution in [3.05, 3.63) is 74.6 Å². The van der Waals surface area contributed by atoms with Gasteiger partial charge in [0.15, 0.2) is 11.2 Å². The third kappa shape index (κ3) is 4.36. The van der Waals surface area contributed by atoms with Crippen LogP contribution in [0.25, 0.3) is 11.0 Å². The van der Waals surface area contributed by atoms with Crippen molar-refractivity contribution in [1.29, 1.82) is 0 Å². The number of carbonyl (C=O) groups is 1. The van der Waals surface area contributed by atoms with Crippen molar-refractivity contribution in [3.63, 3.8) is 0 Å². The molecule has 0 aliphatic heterocycles. The molecule has 0 aliphatic rings. The fourth-order valence-electron chi connectivity index (χ4n) is 2.35. The molecule has 0 unspecified atom stereocenters. The lowest BCUT2D eigenvalue weighted by Crippen LogP contribution is -2.33. The summed E-state index contributed by atoms with van der Waals surface area (Å²) in [6.45, 7) is 2.05. The molecular formula is C19H15Cl2NO4. The molecule has 0 saturated heterocycles. The highest BCUT2D eigenvalue weighted by Gasteiger charge is 2.14. The minimum absolute atomic E-state index is 0.0662. The maximum Gasteiger partial charge on any atom is 0.287 e. The lowest BCUT2D eigenvalue weighted by atomic mass is 10.2. The van der Waals surface area contributed by atoms with Gasteiger partial charge in [-0.3, -0.25) is 9.59 Å². The van der Waals surface area contributed by atoms with Crippen LogP contribution in [0.15, 0.2) is 57.7 Å². The Balaban J connectivity index is 1.66. The number of ether oxygens (including phenoxy) is 1. The maximum absolute atomic E-state index is 12.3. The zero-order valence-electron chi connectivity index (χ0n) is 13.8. The molecule has 3 aromatic rings. The number of rotatable bonds is 5. The summed E-state index contributed by atoms with van der Waals surface area (Å²) in [5, 5.41) is 4.05. The topological polar surface area (TPSA) is 68.5 Å². The zero-order valence-corrected chi connectivity index (χ0v) is 15.3. The van der Waals surface area contributed by atoms with Crippen LogP contribution in [0.5, 0.6) is 5.75 Å². The van der Waals surface area contributed by atoms with Crippen LogP contribution < -0.4 is 15.5 Å². The van der Waals surface area contributed by atoms with Crippen LogP contribution in [0.3, 0.4) is 0 Å². The summed E-state index contributed by atoms with van der Waals surface area (Å²) in [6.07, 6.45) is -0.286. The molecule has 2 aromatic carbocycles. The second-order valence-electron chi connectivity index (χ2n) is 5.71. The SMILES string of the molecule is C[C@@H](CNC(=O)c1cc(=O)c2cc(Cl)ccc2o1)Oc1ccc(Cl)cc1. The van der Waals surface area contributed by atoms with Gasteiger partial charge in [-0.05, 0) is 49.4 Å². The summed E-state index contributed by atoms with van der Waals surface area (Å²) >= 11 is 11.7. The first kappa shape index (κ1) is 18.3. The Morgan fingerprint density at radius 3 is 2.54 bits per heavy atom. The summed E-state index contributed by atoms with van der Waals surface area (Å²) in [5.41, 5.74) is -0.0260. The largest absolute Gasteiger partial charge is 0.489 e. The average molecular weight is 392 g/mol. The normalized spacial score (nSPS) is 12.0. The highest BCUT2D eigenvalue weighted by atomic mass is 35.5. The number of carbonyl (C=O) groups excluding carboxylic acids is 1. The van der Waals surface area contributed by atoms with Crippen molar-refractivity contribution in [2.75, 3.05) is 6.54 Å². The van der Waals surface area contributed by atoms with E-state index in [9.17, 15) is 9.59 Å². The summed E-state index contributed by atoms with van der Waals surface area (Å²) in [7, 11) is 0. The van der Waals surface area contributed by atoms with Crippen LogP contribution >= 0.6 is 23.2 Å². The van der Waals surface area contributed by atoms with Gasteiger partial charge in [0.05, 0.1) is 11.9 Å². The Hall–Kier alpha value is -2.50. The Morgan fingerprint density at radius 1 is 1.12 bits per heavy atom. The van der Waals surface area contributed by atoms with Gasteiger partial charge in [-0.1, -0.05) is 23.2 Å². The lowest BCUT2D eigenvalue weighted by Gasteiger charge is -2.15. The Kier molecular flexibility index (Phi) is 5.49. The number of nitrogens with one attached hydrogen (secondary N) is 1. The van der Waals surface area contributed by atoms with Crippen molar-refractivity contribution < 1.29 is 13.9 Å². The molecule has 0 aliphatic carbocycles. The van der Waals surface area contributed by atoms with Crippen LogP contribution in [-0.4, -0.2) is 18.6 Å². The number of fused-ring (bicyclic) bond motifs is 1. The van der Waals surface area contributed by atoms with Gasteiger partial charge in [-0.25, -0.2) is 0 Å². The molecule has 5 nitrogen and oxygen atoms in total. The smallest absolute Gasteiger partial charge is 0.287 e. The molecular weight excluding hydrogens is 377 g/mol. The lowest BCUT2D eigenvalue weighted by molar-refractivity contribution is 0.0905. The van der Waals surface area contributed by atoms with Gasteiger partial charge < -0.3 is 14.5 Å². The van der Waals surface area contributed by atoms with Crippen LogP contribution in [-0.2, 0) is 0 Å². The second kappa shape index (κ2) is 7.81. The standard InChI is InChI=1S/C19H15Cl2NO4/c1-11(25-14-5-2-12(20)3-6-14)10-22-19(24)18-9-16(23)15-8-13(21)4-7-17(15)26-18/h2-9,11H,10H2,1H3,(H,22,24)/t11-/m0/s1. The first-order valence-electron chi connectivity index (χ1n) is 7.86. The van der Waals surface area contributed by atoms with E-state index in [0.29, 0.717) is 26.8 Å². The van der Waals surface area contributed by atoms with Crippen molar-refractivity contribution in [2.24, 2.45) is 0 Å². The van der Waals surface area contributed by atoms with Crippen LogP contribution in [0.1, 0.15) is 17.5 Å². The predicted octanol–water partition coefficient (Wildman–Crippen LogP) is 4.30. The van der Waals surface area contributed by atoms with E-state index in [1.165, 1.54) is 6.07 Å². The molecule has 1 aromatic heterocycles. The van der Waals surface area contributed by atoms with Gasteiger partial charge >= 0.3 is 0 Å². The molecule has 26 heavy (non-hydrogen) atoms. The Morgan fingerprint density at radius 2 is 1.81 bits per heavy atom. The van der Waals surface area contributed by atoms with E-state index in [4.69, 9.17) is 32.4 Å². The first-order valence-corrected chi connectivity index (χ1v) is 8.62. The zero-order chi connectivity index (χ0) is 18.7. The van der Waals surface area contributed by atoms with Crippen molar-refractivity contribution in [2.45, 2.75) is 13.0 Å². The Bertz CT molecular complexity index is 999. The summed E-state index contributed by atoms with van der Waals surface area (Å²) < 4.78 is 11.2. The van der Waals surface area contributed by atoms with Gasteiger partial charge in [0.1, 0.15) is 17.4 Å². The molecule has 0 fully saturated rings. The van der Waals surface area contributed by atoms with E-state index in [1.54, 1.807) is 36.4 Å². The van der Waals surface area contributed by atoms with Crippen molar-refractivity contribution in [1.82, 2.24) is 5.32 Å². The summed E-state index contributed by atoms with van der Waals surface area (Å²) in [4.78, 5) is 24.4. The highest BCUT2D eigenvalue weighted by molar-refractivity contribution is 6.31. The summed E-state index contributed by atoms with van der Waals surface area (Å²) in [5.74, 6) is 0.0827.